The number of hydrogen-bond donors (Lipinski definition) is 1. The molecule has 2 aromatic carbocycles. The van der Waals surface area contributed by atoms with E-state index in [1.807, 2.05) is 30.3 Å². The number of amidine groups is 2. The van der Waals surface area contributed by atoms with E-state index in [9.17, 15) is 4.79 Å². The summed E-state index contributed by atoms with van der Waals surface area (Å²) in [4.78, 5) is 16.8. The maximum atomic E-state index is 12.7. The summed E-state index contributed by atoms with van der Waals surface area (Å²) in [6.45, 7) is 2.44. The largest absolute Gasteiger partial charge is 0.493 e. The maximum absolute atomic E-state index is 12.7. The van der Waals surface area contributed by atoms with Crippen LogP contribution in [-0.4, -0.2) is 34.1 Å². The van der Waals surface area contributed by atoms with Crippen LogP contribution in [0.15, 0.2) is 58.1 Å². The molecule has 9 heteroatoms. The Labute approximate surface area is 201 Å². The highest BCUT2D eigenvalue weighted by molar-refractivity contribution is 8.26. The average Bonchev–Trinajstić information content (AvgIpc) is 3.23. The van der Waals surface area contributed by atoms with E-state index >= 15 is 0 Å². The molecule has 0 unspecified atom stereocenters. The quantitative estimate of drug-likeness (QED) is 0.485. The number of carbonyl (C=O) groups is 1. The molecule has 2 aromatic rings. The molecule has 1 amide bonds. The Balaban J connectivity index is 1.58. The normalized spacial score (nSPS) is 16.6. The first-order valence-electron chi connectivity index (χ1n) is 10.5. The second-order valence-corrected chi connectivity index (χ2v) is 8.87. The number of hydrogen-bond acceptors (Lipinski definition) is 6. The first-order chi connectivity index (χ1) is 16.0. The number of carbonyl (C=O) groups excluding carboxylic acids is 1. The number of fused-ring (bicyclic) bond motifs is 1. The minimum absolute atomic E-state index is 0.0107. The van der Waals surface area contributed by atoms with Crippen molar-refractivity contribution in [2.45, 2.75) is 32.8 Å². The van der Waals surface area contributed by atoms with Gasteiger partial charge < -0.3 is 9.47 Å². The molecule has 0 atom stereocenters. The number of rotatable bonds is 8. The molecule has 0 aliphatic carbocycles. The molecule has 2 aliphatic rings. The number of hydrazone groups is 1. The predicted molar refractivity (Wildman–Crippen MR) is 133 cm³/mol. The number of thioether (sulfide) groups is 1. The van der Waals surface area contributed by atoms with Crippen LogP contribution in [0.25, 0.3) is 6.08 Å². The molecule has 0 spiro atoms. The van der Waals surface area contributed by atoms with Crippen molar-refractivity contribution in [2.75, 3.05) is 7.11 Å². The Morgan fingerprint density at radius 1 is 1.24 bits per heavy atom. The van der Waals surface area contributed by atoms with Crippen LogP contribution in [0.3, 0.4) is 0 Å². The van der Waals surface area contributed by atoms with Crippen LogP contribution in [-0.2, 0) is 11.4 Å². The number of benzene rings is 2. The highest BCUT2D eigenvalue weighted by Gasteiger charge is 2.35. The highest BCUT2D eigenvalue weighted by atomic mass is 35.5. The molecule has 2 heterocycles. The topological polar surface area (TPSA) is 87.3 Å². The third-order valence-electron chi connectivity index (χ3n) is 5.03. The molecule has 7 nitrogen and oxygen atoms in total. The fourth-order valence-corrected chi connectivity index (χ4v) is 4.52. The van der Waals surface area contributed by atoms with E-state index < -0.39 is 5.91 Å². The molecule has 1 N–H and O–H groups in total. The second kappa shape index (κ2) is 10.2. The number of amides is 1. The summed E-state index contributed by atoms with van der Waals surface area (Å²) < 4.78 is 11.4. The number of aliphatic imine (C=N–C) groups is 1. The Morgan fingerprint density at radius 3 is 2.76 bits per heavy atom. The molecule has 0 saturated carbocycles. The molecule has 170 valence electrons. The van der Waals surface area contributed by atoms with Crippen LogP contribution in [0.5, 0.6) is 11.5 Å². The fourth-order valence-electron chi connectivity index (χ4n) is 3.32. The smallest absolute Gasteiger partial charge is 0.283 e. The van der Waals surface area contributed by atoms with E-state index in [0.717, 1.165) is 29.9 Å². The predicted octanol–water partition coefficient (Wildman–Crippen LogP) is 5.74. The lowest BCUT2D eigenvalue weighted by molar-refractivity contribution is -0.114. The first-order valence-corrected chi connectivity index (χ1v) is 11.7. The zero-order valence-corrected chi connectivity index (χ0v) is 19.9. The van der Waals surface area contributed by atoms with Gasteiger partial charge in [0.2, 0.25) is 5.17 Å². The van der Waals surface area contributed by atoms with Crippen LogP contribution in [0, 0.1) is 5.41 Å². The van der Waals surface area contributed by atoms with Crippen molar-refractivity contribution in [2.24, 2.45) is 10.1 Å². The van der Waals surface area contributed by atoms with Gasteiger partial charge in [0.25, 0.3) is 5.91 Å². The molecule has 33 heavy (non-hydrogen) atoms. The summed E-state index contributed by atoms with van der Waals surface area (Å²) in [5.41, 5.74) is 1.73. The standard InChI is InChI=1S/C24H23ClN4O3S/c1-3-4-10-20-28-29-22(26)17(23(30)27-24(29)33-20)11-16-12-18(25)21(19(13-16)31-2)32-14-15-8-6-5-7-9-15/h5-9,11-13,26H,3-4,10,14H2,1-2H3. The number of unbranched alkanes of at least 4 members (excludes halogenated alkanes) is 1. The lowest BCUT2D eigenvalue weighted by atomic mass is 10.1. The summed E-state index contributed by atoms with van der Waals surface area (Å²) in [6, 6.07) is 13.1. The lowest BCUT2D eigenvalue weighted by Crippen LogP contribution is -2.35. The number of nitrogens with one attached hydrogen (secondary N) is 1. The third kappa shape index (κ3) is 5.12. The number of nitrogens with zero attached hydrogens (tertiary/aromatic N) is 3. The fraction of sp³-hybridized carbons (Fsp3) is 0.250. The van der Waals surface area contributed by atoms with Gasteiger partial charge in [-0.3, -0.25) is 10.2 Å². The van der Waals surface area contributed by atoms with Crippen molar-refractivity contribution in [1.82, 2.24) is 5.01 Å². The zero-order chi connectivity index (χ0) is 23.4. The number of methoxy groups -OCH3 is 1. The Bertz CT molecular complexity index is 1180. The zero-order valence-electron chi connectivity index (χ0n) is 18.3. The van der Waals surface area contributed by atoms with Crippen LogP contribution in [0.2, 0.25) is 5.02 Å². The third-order valence-corrected chi connectivity index (χ3v) is 6.28. The molecule has 0 fully saturated rings. The van der Waals surface area contributed by atoms with Crippen LogP contribution < -0.4 is 9.47 Å². The molecule has 0 radical (unpaired) electrons. The van der Waals surface area contributed by atoms with Crippen molar-refractivity contribution in [3.05, 3.63) is 64.2 Å². The van der Waals surface area contributed by atoms with Gasteiger partial charge >= 0.3 is 0 Å². The molecule has 2 aliphatic heterocycles. The summed E-state index contributed by atoms with van der Waals surface area (Å²) in [5.74, 6) is 0.353. The van der Waals surface area contributed by atoms with E-state index in [4.69, 9.17) is 26.5 Å². The van der Waals surface area contributed by atoms with Gasteiger partial charge in [0.15, 0.2) is 17.3 Å². The summed E-state index contributed by atoms with van der Waals surface area (Å²) >= 11 is 7.83. The summed E-state index contributed by atoms with van der Waals surface area (Å²) in [7, 11) is 1.52. The van der Waals surface area contributed by atoms with Gasteiger partial charge in [0, 0.05) is 0 Å². The molecule has 0 bridgehead atoms. The minimum Gasteiger partial charge on any atom is -0.493 e. The molecule has 0 saturated heterocycles. The van der Waals surface area contributed by atoms with Gasteiger partial charge in [-0.1, -0.05) is 55.3 Å². The van der Waals surface area contributed by atoms with Gasteiger partial charge in [-0.25, -0.2) is 0 Å². The van der Waals surface area contributed by atoms with Crippen molar-refractivity contribution < 1.29 is 14.3 Å². The highest BCUT2D eigenvalue weighted by Crippen LogP contribution is 2.38. The SMILES string of the molecule is CCCCC1=NN2C(=N)C(=Cc3cc(Cl)c(OCc4ccccc4)c(OC)c3)C(=O)N=C2S1. The Hall–Kier alpha value is -3.10. The minimum atomic E-state index is -0.481. The van der Waals surface area contributed by atoms with Crippen molar-refractivity contribution in [1.29, 1.82) is 5.41 Å². The van der Waals surface area contributed by atoms with E-state index in [2.05, 4.69) is 17.0 Å². The molecular weight excluding hydrogens is 460 g/mol. The lowest BCUT2D eigenvalue weighted by Gasteiger charge is -2.20. The van der Waals surface area contributed by atoms with Crippen molar-refractivity contribution in [3.63, 3.8) is 0 Å². The van der Waals surface area contributed by atoms with E-state index in [-0.39, 0.29) is 11.4 Å². The van der Waals surface area contributed by atoms with E-state index in [1.54, 1.807) is 18.2 Å². The first kappa shape index (κ1) is 23.1. The van der Waals surface area contributed by atoms with Crippen LogP contribution in [0.1, 0.15) is 37.3 Å². The maximum Gasteiger partial charge on any atom is 0.283 e. The average molecular weight is 483 g/mol. The van der Waals surface area contributed by atoms with E-state index in [0.29, 0.717) is 33.9 Å². The van der Waals surface area contributed by atoms with Gasteiger partial charge in [-0.2, -0.15) is 15.1 Å². The van der Waals surface area contributed by atoms with Gasteiger partial charge in [0.1, 0.15) is 11.7 Å². The van der Waals surface area contributed by atoms with Gasteiger partial charge in [0.05, 0.1) is 17.7 Å². The monoisotopic (exact) mass is 482 g/mol. The molecule has 0 aromatic heterocycles. The molecular formula is C24H23ClN4O3S. The van der Waals surface area contributed by atoms with Gasteiger partial charge in [-0.05, 0) is 53.9 Å². The number of halogens is 1. The summed E-state index contributed by atoms with van der Waals surface area (Å²) in [5, 5.41) is 16.0. The second-order valence-electron chi connectivity index (χ2n) is 7.43. The van der Waals surface area contributed by atoms with E-state index in [1.165, 1.54) is 23.9 Å². The Kier molecular flexibility index (Phi) is 7.15. The molecule has 4 rings (SSSR count). The number of ether oxygens (including phenoxy) is 2. The summed E-state index contributed by atoms with van der Waals surface area (Å²) in [6.07, 6.45) is 4.41. The Morgan fingerprint density at radius 2 is 2.03 bits per heavy atom. The van der Waals surface area contributed by atoms with Crippen molar-refractivity contribution in [3.8, 4) is 11.5 Å². The van der Waals surface area contributed by atoms with Crippen LogP contribution in [0.4, 0.5) is 0 Å². The van der Waals surface area contributed by atoms with Crippen LogP contribution >= 0.6 is 23.4 Å². The van der Waals surface area contributed by atoms with Gasteiger partial charge in [-0.15, -0.1) is 0 Å². The van der Waals surface area contributed by atoms with Crippen molar-refractivity contribution >= 4 is 51.4 Å².